The van der Waals surface area contributed by atoms with Gasteiger partial charge in [0, 0.05) is 52.0 Å². The van der Waals surface area contributed by atoms with Crippen LogP contribution in [0.5, 0.6) is 0 Å². The van der Waals surface area contributed by atoms with Crippen molar-refractivity contribution in [1.82, 2.24) is 14.7 Å². The van der Waals surface area contributed by atoms with Crippen molar-refractivity contribution in [3.05, 3.63) is 18.0 Å². The molecule has 1 aromatic rings. The van der Waals surface area contributed by atoms with E-state index in [0.29, 0.717) is 6.10 Å². The maximum atomic E-state index is 6.02. The van der Waals surface area contributed by atoms with Crippen molar-refractivity contribution in [3.63, 3.8) is 0 Å². The molecule has 0 saturated carbocycles. The predicted octanol–water partition coefficient (Wildman–Crippen LogP) is 1.19. The third-order valence-electron chi connectivity index (χ3n) is 4.44. The van der Waals surface area contributed by atoms with Gasteiger partial charge in [0.25, 0.3) is 0 Å². The van der Waals surface area contributed by atoms with E-state index in [0.717, 1.165) is 45.5 Å². The van der Waals surface area contributed by atoms with Crippen LogP contribution in [-0.2, 0) is 23.1 Å². The molecule has 0 N–H and O–H groups in total. The number of nitrogens with zero attached hydrogens (tertiary/aromatic N) is 3. The molecular formula is C14H23N3O2. The summed E-state index contributed by atoms with van der Waals surface area (Å²) in [5, 5.41) is 4.22. The highest BCUT2D eigenvalue weighted by atomic mass is 16.6. The molecule has 19 heavy (non-hydrogen) atoms. The zero-order valence-corrected chi connectivity index (χ0v) is 11.8. The van der Waals surface area contributed by atoms with E-state index in [1.54, 1.807) is 7.11 Å². The number of aryl methyl sites for hydroxylation is 1. The molecule has 1 atom stereocenters. The van der Waals surface area contributed by atoms with Gasteiger partial charge in [-0.3, -0.25) is 9.58 Å². The molecule has 3 rings (SSSR count). The smallest absolute Gasteiger partial charge is 0.0832 e. The van der Waals surface area contributed by atoms with Gasteiger partial charge in [0.15, 0.2) is 0 Å². The van der Waals surface area contributed by atoms with E-state index in [2.05, 4.69) is 16.2 Å². The van der Waals surface area contributed by atoms with Crippen LogP contribution in [-0.4, -0.2) is 53.2 Å². The first-order chi connectivity index (χ1) is 9.19. The van der Waals surface area contributed by atoms with Crippen molar-refractivity contribution in [2.24, 2.45) is 7.05 Å². The molecule has 1 aromatic heterocycles. The third kappa shape index (κ3) is 2.83. The van der Waals surface area contributed by atoms with Gasteiger partial charge in [-0.2, -0.15) is 5.10 Å². The molecule has 0 aliphatic carbocycles. The number of likely N-dealkylation sites (tertiary alicyclic amines) is 1. The van der Waals surface area contributed by atoms with Crippen molar-refractivity contribution in [2.45, 2.75) is 37.5 Å². The Labute approximate surface area is 114 Å². The zero-order valence-electron chi connectivity index (χ0n) is 11.8. The van der Waals surface area contributed by atoms with Crippen LogP contribution in [0.2, 0.25) is 0 Å². The first-order valence-corrected chi connectivity index (χ1v) is 7.06. The Morgan fingerprint density at radius 1 is 1.47 bits per heavy atom. The molecule has 0 radical (unpaired) electrons. The number of methoxy groups -OCH3 is 1. The number of ether oxygens (including phenoxy) is 2. The van der Waals surface area contributed by atoms with Gasteiger partial charge in [0.1, 0.15) is 0 Å². The number of rotatable bonds is 3. The van der Waals surface area contributed by atoms with Gasteiger partial charge in [-0.1, -0.05) is 0 Å². The van der Waals surface area contributed by atoms with Crippen molar-refractivity contribution < 1.29 is 9.47 Å². The lowest BCUT2D eigenvalue weighted by molar-refractivity contribution is -0.0460. The zero-order chi connectivity index (χ0) is 13.3. The van der Waals surface area contributed by atoms with E-state index in [-0.39, 0.29) is 5.60 Å². The van der Waals surface area contributed by atoms with Gasteiger partial charge in [0.05, 0.1) is 24.5 Å². The Bertz CT molecular complexity index is 424. The van der Waals surface area contributed by atoms with Gasteiger partial charge in [-0.05, 0) is 12.8 Å². The highest BCUT2D eigenvalue weighted by Crippen LogP contribution is 2.37. The molecule has 2 fully saturated rings. The summed E-state index contributed by atoms with van der Waals surface area (Å²) in [5.74, 6) is 0. The largest absolute Gasteiger partial charge is 0.379 e. The average molecular weight is 265 g/mol. The second kappa shape index (κ2) is 5.23. The summed E-state index contributed by atoms with van der Waals surface area (Å²) in [6.45, 7) is 3.97. The van der Waals surface area contributed by atoms with Gasteiger partial charge < -0.3 is 9.47 Å². The predicted molar refractivity (Wildman–Crippen MR) is 71.8 cm³/mol. The molecule has 3 heterocycles. The SMILES string of the molecule is CO[C@@H]1COC2(CCN(Cc3cnn(C)c3)CC2)C1. The number of hydrogen-bond acceptors (Lipinski definition) is 4. The minimum atomic E-state index is 0.0894. The lowest BCUT2D eigenvalue weighted by Gasteiger charge is -2.38. The molecule has 106 valence electrons. The standard InChI is InChI=1S/C14H23N3O2/c1-16-9-12(8-15-16)10-17-5-3-14(4-6-17)7-13(18-2)11-19-14/h8-9,13H,3-7,10-11H2,1-2H3/t13-/m0/s1. The van der Waals surface area contributed by atoms with Crippen LogP contribution >= 0.6 is 0 Å². The van der Waals surface area contributed by atoms with Crippen LogP contribution in [0.3, 0.4) is 0 Å². The summed E-state index contributed by atoms with van der Waals surface area (Å²) < 4.78 is 13.3. The van der Waals surface area contributed by atoms with Crippen molar-refractivity contribution in [1.29, 1.82) is 0 Å². The molecule has 2 aliphatic heterocycles. The second-order valence-electron chi connectivity index (χ2n) is 5.85. The van der Waals surface area contributed by atoms with Crippen molar-refractivity contribution in [3.8, 4) is 0 Å². The van der Waals surface area contributed by atoms with Crippen molar-refractivity contribution in [2.75, 3.05) is 26.8 Å². The van der Waals surface area contributed by atoms with Crippen LogP contribution in [0.4, 0.5) is 0 Å². The lowest BCUT2D eigenvalue weighted by atomic mass is 9.88. The molecule has 0 unspecified atom stereocenters. The van der Waals surface area contributed by atoms with Crippen molar-refractivity contribution >= 4 is 0 Å². The molecular weight excluding hydrogens is 242 g/mol. The molecule has 2 aliphatic rings. The Morgan fingerprint density at radius 2 is 2.26 bits per heavy atom. The quantitative estimate of drug-likeness (QED) is 0.823. The van der Waals surface area contributed by atoms with Crippen LogP contribution in [0.1, 0.15) is 24.8 Å². The fourth-order valence-electron chi connectivity index (χ4n) is 3.23. The van der Waals surface area contributed by atoms with Gasteiger partial charge in [0.2, 0.25) is 0 Å². The summed E-state index contributed by atoms with van der Waals surface area (Å²) in [5.41, 5.74) is 1.38. The van der Waals surface area contributed by atoms with E-state index in [1.807, 2.05) is 17.9 Å². The molecule has 5 nitrogen and oxygen atoms in total. The Hall–Kier alpha value is -0.910. The average Bonchev–Trinajstić information content (AvgIpc) is 3.00. The monoisotopic (exact) mass is 265 g/mol. The molecule has 0 amide bonds. The first-order valence-electron chi connectivity index (χ1n) is 7.06. The fourth-order valence-corrected chi connectivity index (χ4v) is 3.23. The Kier molecular flexibility index (Phi) is 3.60. The third-order valence-corrected chi connectivity index (χ3v) is 4.44. The van der Waals surface area contributed by atoms with E-state index < -0.39 is 0 Å². The van der Waals surface area contributed by atoms with Crippen LogP contribution < -0.4 is 0 Å². The number of hydrogen-bond donors (Lipinski definition) is 0. The van der Waals surface area contributed by atoms with Crippen LogP contribution in [0.25, 0.3) is 0 Å². The molecule has 2 saturated heterocycles. The molecule has 0 aromatic carbocycles. The van der Waals surface area contributed by atoms with E-state index in [1.165, 1.54) is 5.56 Å². The highest BCUT2D eigenvalue weighted by Gasteiger charge is 2.42. The minimum absolute atomic E-state index is 0.0894. The van der Waals surface area contributed by atoms with Crippen LogP contribution in [0, 0.1) is 0 Å². The molecule has 5 heteroatoms. The first kappa shape index (κ1) is 13.1. The summed E-state index contributed by atoms with van der Waals surface area (Å²) >= 11 is 0. The maximum absolute atomic E-state index is 6.02. The Balaban J connectivity index is 1.52. The minimum Gasteiger partial charge on any atom is -0.379 e. The van der Waals surface area contributed by atoms with Gasteiger partial charge in [-0.25, -0.2) is 0 Å². The van der Waals surface area contributed by atoms with E-state index in [4.69, 9.17) is 9.47 Å². The molecule has 0 bridgehead atoms. The van der Waals surface area contributed by atoms with E-state index >= 15 is 0 Å². The summed E-state index contributed by atoms with van der Waals surface area (Å²) in [4.78, 5) is 2.49. The maximum Gasteiger partial charge on any atom is 0.0832 e. The topological polar surface area (TPSA) is 39.5 Å². The summed E-state index contributed by atoms with van der Waals surface area (Å²) in [6, 6.07) is 0. The molecule has 1 spiro atoms. The number of piperidine rings is 1. The van der Waals surface area contributed by atoms with Gasteiger partial charge in [-0.15, -0.1) is 0 Å². The highest BCUT2D eigenvalue weighted by molar-refractivity contribution is 5.04. The lowest BCUT2D eigenvalue weighted by Crippen LogP contribution is -2.43. The van der Waals surface area contributed by atoms with E-state index in [9.17, 15) is 0 Å². The summed E-state index contributed by atoms with van der Waals surface area (Å²) in [6.07, 6.45) is 7.64. The fraction of sp³-hybridized carbons (Fsp3) is 0.786. The normalized spacial score (nSPS) is 27.2. The number of aromatic nitrogens is 2. The Morgan fingerprint density at radius 3 is 2.84 bits per heavy atom. The van der Waals surface area contributed by atoms with Gasteiger partial charge >= 0.3 is 0 Å². The summed E-state index contributed by atoms with van der Waals surface area (Å²) in [7, 11) is 3.75. The van der Waals surface area contributed by atoms with Crippen LogP contribution in [0.15, 0.2) is 12.4 Å². The second-order valence-corrected chi connectivity index (χ2v) is 5.85.